The van der Waals surface area contributed by atoms with Crippen molar-refractivity contribution in [3.63, 3.8) is 0 Å². The van der Waals surface area contributed by atoms with E-state index in [0.29, 0.717) is 0 Å². The first-order valence-corrected chi connectivity index (χ1v) is 3.85. The van der Waals surface area contributed by atoms with Gasteiger partial charge in [0.05, 0.1) is 7.05 Å². The summed E-state index contributed by atoms with van der Waals surface area (Å²) in [7, 11) is 1.94. The van der Waals surface area contributed by atoms with E-state index < -0.39 is 0 Å². The van der Waals surface area contributed by atoms with Crippen LogP contribution in [0.1, 0.15) is 0 Å². The largest absolute Gasteiger partial charge is 0.670 e. The van der Waals surface area contributed by atoms with E-state index >= 15 is 0 Å². The quantitative estimate of drug-likeness (QED) is 0.399. The average molecular weight is 350 g/mol. The summed E-state index contributed by atoms with van der Waals surface area (Å²) in [6, 6.07) is 0. The van der Waals surface area contributed by atoms with Crippen molar-refractivity contribution < 1.29 is 24.7 Å². The van der Waals surface area contributed by atoms with Gasteiger partial charge in [-0.05, 0) is 12.4 Å². The number of rotatable bonds is 1. The summed E-state index contributed by atoms with van der Waals surface area (Å²) in [6.45, 7) is 0.0798. The van der Waals surface area contributed by atoms with Gasteiger partial charge in [-0.2, -0.15) is 6.20 Å². The van der Waals surface area contributed by atoms with Crippen LogP contribution in [0.25, 0.3) is 5.23 Å². The fraction of sp³-hybridized carbons (Fsp3) is 0.125. The molecule has 0 saturated carbocycles. The summed E-state index contributed by atoms with van der Waals surface area (Å²) in [5.41, 5.74) is 0. The second-order valence-electron chi connectivity index (χ2n) is 2.71. The zero-order valence-electron chi connectivity index (χ0n) is 7.22. The van der Waals surface area contributed by atoms with Gasteiger partial charge in [0.1, 0.15) is 0 Å². The van der Waals surface area contributed by atoms with Gasteiger partial charge in [0, 0.05) is 20.1 Å². The second-order valence-corrected chi connectivity index (χ2v) is 2.71. The molecule has 0 fully saturated rings. The van der Waals surface area contributed by atoms with Crippen molar-refractivity contribution in [3.05, 3.63) is 48.3 Å². The van der Waals surface area contributed by atoms with Crippen molar-refractivity contribution in [2.75, 3.05) is 0 Å². The first-order chi connectivity index (χ1) is 5.86. The molecule has 2 heterocycles. The van der Waals surface area contributed by atoms with E-state index in [2.05, 4.69) is 11.6 Å². The third-order valence-corrected chi connectivity index (χ3v) is 1.73. The molecule has 2 rings (SSSR count). The summed E-state index contributed by atoms with van der Waals surface area (Å²) < 4.78 is 3.81. The Balaban J connectivity index is 0.000000845. The van der Waals surface area contributed by atoms with Crippen molar-refractivity contribution in [1.29, 1.82) is 0 Å². The van der Waals surface area contributed by atoms with Gasteiger partial charge in [0.2, 0.25) is 0 Å². The van der Waals surface area contributed by atoms with E-state index in [4.69, 9.17) is 0 Å². The molecule has 69 valence electrons. The monoisotopic (exact) mass is 351 g/mol. The van der Waals surface area contributed by atoms with Crippen LogP contribution < -0.4 is 4.57 Å². The van der Waals surface area contributed by atoms with E-state index in [9.17, 15) is 0 Å². The fourth-order valence-electron chi connectivity index (χ4n) is 1.13. The van der Waals surface area contributed by atoms with Crippen LogP contribution in [-0.2, 0) is 27.2 Å². The van der Waals surface area contributed by atoms with Crippen LogP contribution in [0.2, 0.25) is 0 Å². The van der Waals surface area contributed by atoms with Gasteiger partial charge in [-0.15, -0.1) is 0 Å². The van der Waals surface area contributed by atoms with Gasteiger partial charge in [-0.3, -0.25) is 0 Å². The van der Waals surface area contributed by atoms with Crippen LogP contribution in [0.15, 0.2) is 36.7 Å². The summed E-state index contributed by atoms with van der Waals surface area (Å²) in [5.74, 6) is 2.02. The minimum atomic E-state index is 0. The summed E-state index contributed by atoms with van der Waals surface area (Å²) in [5, 5.41) is 4.26. The molecule has 0 spiro atoms. The topological polar surface area (TPSA) is 22.9 Å². The van der Waals surface area contributed by atoms with E-state index in [1.54, 1.807) is 6.20 Å². The standard InChI is InChI=1S/C8H9BN3.Ir/c1-11-6-7-12(8-11)9-4-2-3-5-10-9;/h2-7H,1H3;/q-1;. The van der Waals surface area contributed by atoms with Crippen molar-refractivity contribution in [2.45, 2.75) is 0 Å². The number of imidazole rings is 1. The molecule has 0 aliphatic carbocycles. The molecule has 1 aliphatic heterocycles. The maximum Gasteiger partial charge on any atom is 0.276 e. The van der Waals surface area contributed by atoms with Gasteiger partial charge >= 0.3 is 0 Å². The zero-order chi connectivity index (χ0) is 8.39. The summed E-state index contributed by atoms with van der Waals surface area (Å²) in [6.07, 6.45) is 12.7. The molecule has 1 aliphatic rings. The molecular formula is C8H9BIrN3-. The van der Waals surface area contributed by atoms with Crippen LogP contribution in [0, 0.1) is 6.33 Å². The molecule has 0 saturated heterocycles. The zero-order valence-corrected chi connectivity index (χ0v) is 9.61. The van der Waals surface area contributed by atoms with Crippen molar-refractivity contribution >= 4 is 6.98 Å². The van der Waals surface area contributed by atoms with Gasteiger partial charge in [-0.1, -0.05) is 18.1 Å². The number of nitrogens with zero attached hydrogens (tertiary/aromatic N) is 3. The molecule has 5 heteroatoms. The molecule has 1 aromatic heterocycles. The van der Waals surface area contributed by atoms with Crippen molar-refractivity contribution in [1.82, 2.24) is 4.48 Å². The molecule has 0 bridgehead atoms. The van der Waals surface area contributed by atoms with Crippen LogP contribution in [0.4, 0.5) is 0 Å². The Labute approximate surface area is 91.6 Å². The number of aromatic nitrogens is 2. The van der Waals surface area contributed by atoms with E-state index in [0.717, 1.165) is 0 Å². The third kappa shape index (κ3) is 2.33. The Bertz CT molecular complexity index is 332. The third-order valence-electron chi connectivity index (χ3n) is 1.73. The minimum absolute atomic E-state index is 0. The smallest absolute Gasteiger partial charge is 0.276 e. The molecule has 0 amide bonds. The van der Waals surface area contributed by atoms with Crippen LogP contribution in [0.5, 0.6) is 0 Å². The normalized spacial score (nSPS) is 13.8. The Kier molecular flexibility index (Phi) is 3.52. The molecule has 0 aromatic carbocycles. The van der Waals surface area contributed by atoms with E-state index in [-0.39, 0.29) is 27.1 Å². The van der Waals surface area contributed by atoms with E-state index in [1.807, 2.05) is 46.6 Å². The molecule has 0 unspecified atom stereocenters. The second kappa shape index (κ2) is 4.44. The number of allylic oxidation sites excluding steroid dienone is 2. The van der Waals surface area contributed by atoms with E-state index in [1.165, 1.54) is 0 Å². The van der Waals surface area contributed by atoms with Gasteiger partial charge in [-0.25, -0.2) is 0 Å². The van der Waals surface area contributed by atoms with Gasteiger partial charge < -0.3 is 14.3 Å². The Morgan fingerprint density at radius 2 is 2.31 bits per heavy atom. The molecular weight excluding hydrogens is 341 g/mol. The minimum Gasteiger partial charge on any atom is -0.670 e. The van der Waals surface area contributed by atoms with Crippen LogP contribution in [-0.4, -0.2) is 11.5 Å². The molecule has 0 atom stereocenters. The van der Waals surface area contributed by atoms with Crippen molar-refractivity contribution in [3.8, 4) is 0 Å². The van der Waals surface area contributed by atoms with Gasteiger partial charge in [0.25, 0.3) is 6.98 Å². The fourth-order valence-corrected chi connectivity index (χ4v) is 1.13. The molecule has 13 heavy (non-hydrogen) atoms. The Hall–Kier alpha value is -0.796. The first kappa shape index (κ1) is 10.3. The number of hydrogen-bond donors (Lipinski definition) is 0. The molecule has 1 aromatic rings. The van der Waals surface area contributed by atoms with Crippen molar-refractivity contribution in [2.24, 2.45) is 7.05 Å². The Morgan fingerprint density at radius 3 is 2.85 bits per heavy atom. The molecule has 0 N–H and O–H groups in total. The molecule has 3 nitrogen and oxygen atoms in total. The predicted molar refractivity (Wildman–Crippen MR) is 47.2 cm³/mol. The SMILES string of the molecule is C[n+]1[c-]n(B2C=CC=C[N-]2)cc1.[Ir]. The van der Waals surface area contributed by atoms with Crippen LogP contribution in [0.3, 0.4) is 0 Å². The maximum atomic E-state index is 4.26. The molecule has 1 radical (unpaired) electrons. The van der Waals surface area contributed by atoms with Gasteiger partial charge in [0.15, 0.2) is 6.33 Å². The predicted octanol–water partition coefficient (Wildman–Crippen LogP) is 0.443. The Morgan fingerprint density at radius 1 is 1.46 bits per heavy atom. The number of hydrogen-bond acceptors (Lipinski definition) is 0. The summed E-state index contributed by atoms with van der Waals surface area (Å²) in [4.78, 5) is 0. The number of aryl methyl sites for hydroxylation is 1. The first-order valence-electron chi connectivity index (χ1n) is 3.85. The average Bonchev–Trinajstić information content (AvgIpc) is 2.54. The maximum absolute atomic E-state index is 4.26. The summed E-state index contributed by atoms with van der Waals surface area (Å²) >= 11 is 0. The van der Waals surface area contributed by atoms with Crippen LogP contribution >= 0.6 is 0 Å².